The molecule has 0 spiro atoms. The molecule has 404 valence electrons. The SMILES string of the molecule is CCCCCCCC/C=C\CCCCCCCC(=O)OCCCCCCCCCCCCCCCCC(=O)NC(CO)C(O)CCCCCCCCCCCCCCCCCCCCCCCC. The minimum atomic E-state index is -0.672. The van der Waals surface area contributed by atoms with E-state index in [0.717, 1.165) is 51.4 Å². The number of hydrogen-bond acceptors (Lipinski definition) is 5. The Morgan fingerprint density at radius 1 is 0.397 bits per heavy atom. The van der Waals surface area contributed by atoms with Crippen molar-refractivity contribution in [2.75, 3.05) is 13.2 Å². The number of rotatable bonds is 58. The van der Waals surface area contributed by atoms with Crippen LogP contribution in [0.1, 0.15) is 348 Å². The Morgan fingerprint density at radius 3 is 1.04 bits per heavy atom. The maximum atomic E-state index is 12.5. The number of unbranched alkanes of at least 4 members (excludes halogenated alkanes) is 45. The van der Waals surface area contributed by atoms with E-state index in [1.807, 2.05) is 0 Å². The summed E-state index contributed by atoms with van der Waals surface area (Å²) in [7, 11) is 0. The standard InChI is InChI=1S/C62H121NO5/c1-3-5-7-9-11-13-15-17-19-20-21-22-23-24-25-27-30-34-38-42-46-50-54-60(65)59(58-64)63-61(66)55-51-47-43-39-35-31-28-29-33-37-41-45-49-53-57-68-62(67)56-52-48-44-40-36-32-26-18-16-14-12-10-8-6-4-2/h18,26,59-60,64-65H,3-17,19-25,27-58H2,1-2H3,(H,63,66)/b26-18-. The van der Waals surface area contributed by atoms with Crippen molar-refractivity contribution in [3.05, 3.63) is 12.2 Å². The molecular weight excluding hydrogens is 839 g/mol. The van der Waals surface area contributed by atoms with Gasteiger partial charge in [0.15, 0.2) is 0 Å². The van der Waals surface area contributed by atoms with E-state index in [-0.39, 0.29) is 18.5 Å². The summed E-state index contributed by atoms with van der Waals surface area (Å²) in [5.41, 5.74) is 0. The molecule has 0 aromatic heterocycles. The van der Waals surface area contributed by atoms with Gasteiger partial charge in [0.05, 0.1) is 25.4 Å². The van der Waals surface area contributed by atoms with Gasteiger partial charge >= 0.3 is 5.97 Å². The van der Waals surface area contributed by atoms with Gasteiger partial charge in [-0.1, -0.05) is 296 Å². The van der Waals surface area contributed by atoms with Gasteiger partial charge < -0.3 is 20.3 Å². The second-order valence-electron chi connectivity index (χ2n) is 21.4. The Bertz CT molecular complexity index is 1020. The number of amides is 1. The van der Waals surface area contributed by atoms with E-state index in [1.165, 1.54) is 263 Å². The van der Waals surface area contributed by atoms with Crippen molar-refractivity contribution in [3.63, 3.8) is 0 Å². The number of aliphatic hydroxyl groups is 2. The summed E-state index contributed by atoms with van der Waals surface area (Å²) in [6.45, 7) is 4.95. The Balaban J connectivity index is 3.43. The first kappa shape index (κ1) is 66.6. The highest BCUT2D eigenvalue weighted by Gasteiger charge is 2.20. The highest BCUT2D eigenvalue weighted by molar-refractivity contribution is 5.76. The molecule has 0 aliphatic rings. The molecule has 0 saturated carbocycles. The molecule has 0 aliphatic heterocycles. The van der Waals surface area contributed by atoms with Gasteiger partial charge in [-0.3, -0.25) is 9.59 Å². The molecule has 0 radical (unpaired) electrons. The van der Waals surface area contributed by atoms with Crippen molar-refractivity contribution in [2.45, 2.75) is 360 Å². The van der Waals surface area contributed by atoms with Crippen molar-refractivity contribution >= 4 is 11.9 Å². The van der Waals surface area contributed by atoms with E-state index in [4.69, 9.17) is 4.74 Å². The molecule has 0 fully saturated rings. The molecule has 0 saturated heterocycles. The van der Waals surface area contributed by atoms with E-state index < -0.39 is 12.1 Å². The number of allylic oxidation sites excluding steroid dienone is 2. The zero-order chi connectivity index (χ0) is 49.3. The Labute approximate surface area is 425 Å². The summed E-state index contributed by atoms with van der Waals surface area (Å²) < 4.78 is 5.47. The molecule has 3 N–H and O–H groups in total. The second-order valence-corrected chi connectivity index (χ2v) is 21.4. The van der Waals surface area contributed by atoms with Crippen LogP contribution in [0.3, 0.4) is 0 Å². The fraction of sp³-hybridized carbons (Fsp3) is 0.935. The normalized spacial score (nSPS) is 12.6. The predicted molar refractivity (Wildman–Crippen MR) is 297 cm³/mol. The molecule has 68 heavy (non-hydrogen) atoms. The molecular formula is C62H121NO5. The first-order chi connectivity index (χ1) is 33.5. The highest BCUT2D eigenvalue weighted by atomic mass is 16.5. The van der Waals surface area contributed by atoms with E-state index in [2.05, 4.69) is 31.3 Å². The molecule has 0 heterocycles. The van der Waals surface area contributed by atoms with Gasteiger partial charge in [-0.2, -0.15) is 0 Å². The number of carbonyl (C=O) groups excluding carboxylic acids is 2. The van der Waals surface area contributed by atoms with Crippen LogP contribution in [0.4, 0.5) is 0 Å². The molecule has 2 atom stereocenters. The first-order valence-electron chi connectivity index (χ1n) is 30.9. The van der Waals surface area contributed by atoms with Crippen LogP contribution in [0.5, 0.6) is 0 Å². The van der Waals surface area contributed by atoms with Crippen molar-refractivity contribution in [2.24, 2.45) is 0 Å². The molecule has 2 unspecified atom stereocenters. The summed E-state index contributed by atoms with van der Waals surface area (Å²) in [5.74, 6) is -0.0506. The second kappa shape index (κ2) is 58.2. The molecule has 0 rings (SSSR count). The average Bonchev–Trinajstić information content (AvgIpc) is 3.34. The number of nitrogens with one attached hydrogen (secondary N) is 1. The molecule has 0 aromatic carbocycles. The lowest BCUT2D eigenvalue weighted by Crippen LogP contribution is -2.45. The van der Waals surface area contributed by atoms with Gasteiger partial charge in [0.1, 0.15) is 0 Å². The van der Waals surface area contributed by atoms with Gasteiger partial charge in [0.2, 0.25) is 5.91 Å². The number of aliphatic hydroxyl groups excluding tert-OH is 2. The number of hydrogen-bond donors (Lipinski definition) is 3. The summed E-state index contributed by atoms with van der Waals surface area (Å²) in [6.07, 6.45) is 69.2. The maximum absolute atomic E-state index is 12.5. The van der Waals surface area contributed by atoms with Crippen LogP contribution in [-0.2, 0) is 14.3 Å². The van der Waals surface area contributed by atoms with Crippen molar-refractivity contribution in [1.82, 2.24) is 5.32 Å². The lowest BCUT2D eigenvalue weighted by molar-refractivity contribution is -0.143. The van der Waals surface area contributed by atoms with E-state index in [1.54, 1.807) is 0 Å². The molecule has 0 bridgehead atoms. The Kier molecular flexibility index (Phi) is 57.0. The summed E-state index contributed by atoms with van der Waals surface area (Å²) in [5, 5.41) is 23.4. The van der Waals surface area contributed by atoms with Crippen LogP contribution in [0.2, 0.25) is 0 Å². The average molecular weight is 961 g/mol. The van der Waals surface area contributed by atoms with E-state index in [0.29, 0.717) is 25.9 Å². The van der Waals surface area contributed by atoms with Crippen molar-refractivity contribution in [1.29, 1.82) is 0 Å². The summed E-state index contributed by atoms with van der Waals surface area (Å²) >= 11 is 0. The maximum Gasteiger partial charge on any atom is 0.305 e. The Morgan fingerprint density at radius 2 is 0.691 bits per heavy atom. The minimum absolute atomic E-state index is 0.00884. The van der Waals surface area contributed by atoms with Gasteiger partial charge in [-0.15, -0.1) is 0 Å². The molecule has 6 nitrogen and oxygen atoms in total. The third kappa shape index (κ3) is 53.9. The fourth-order valence-electron chi connectivity index (χ4n) is 9.81. The largest absolute Gasteiger partial charge is 0.466 e. The number of esters is 1. The third-order valence-electron chi connectivity index (χ3n) is 14.6. The van der Waals surface area contributed by atoms with Crippen LogP contribution in [-0.4, -0.2) is 47.4 Å². The van der Waals surface area contributed by atoms with Crippen LogP contribution >= 0.6 is 0 Å². The molecule has 6 heteroatoms. The first-order valence-corrected chi connectivity index (χ1v) is 30.9. The molecule has 1 amide bonds. The molecule has 0 aliphatic carbocycles. The monoisotopic (exact) mass is 960 g/mol. The van der Waals surface area contributed by atoms with Crippen LogP contribution in [0.25, 0.3) is 0 Å². The minimum Gasteiger partial charge on any atom is -0.466 e. The highest BCUT2D eigenvalue weighted by Crippen LogP contribution is 2.18. The summed E-state index contributed by atoms with van der Waals surface area (Å²) in [4.78, 5) is 24.6. The topological polar surface area (TPSA) is 95.9 Å². The lowest BCUT2D eigenvalue weighted by atomic mass is 10.0. The fourth-order valence-corrected chi connectivity index (χ4v) is 9.81. The van der Waals surface area contributed by atoms with Gasteiger partial charge in [0, 0.05) is 12.8 Å². The van der Waals surface area contributed by atoms with Crippen LogP contribution in [0, 0.1) is 0 Å². The zero-order valence-corrected chi connectivity index (χ0v) is 46.1. The van der Waals surface area contributed by atoms with Crippen molar-refractivity contribution < 1.29 is 24.5 Å². The smallest absolute Gasteiger partial charge is 0.305 e. The molecule has 0 aromatic rings. The van der Waals surface area contributed by atoms with Crippen LogP contribution < -0.4 is 5.32 Å². The van der Waals surface area contributed by atoms with Crippen LogP contribution in [0.15, 0.2) is 12.2 Å². The van der Waals surface area contributed by atoms with Gasteiger partial charge in [-0.25, -0.2) is 0 Å². The zero-order valence-electron chi connectivity index (χ0n) is 46.1. The predicted octanol–water partition coefficient (Wildman–Crippen LogP) is 19.2. The number of carbonyl (C=O) groups is 2. The Hall–Kier alpha value is -1.40. The van der Waals surface area contributed by atoms with Crippen molar-refractivity contribution in [3.8, 4) is 0 Å². The van der Waals surface area contributed by atoms with E-state index >= 15 is 0 Å². The third-order valence-corrected chi connectivity index (χ3v) is 14.6. The summed E-state index contributed by atoms with van der Waals surface area (Å²) in [6, 6.07) is -0.550. The lowest BCUT2D eigenvalue weighted by Gasteiger charge is -2.22. The van der Waals surface area contributed by atoms with Gasteiger partial charge in [0.25, 0.3) is 0 Å². The quantitative estimate of drug-likeness (QED) is 0.0321. The number of ether oxygens (including phenoxy) is 1. The van der Waals surface area contributed by atoms with Gasteiger partial charge in [-0.05, 0) is 51.4 Å². The van der Waals surface area contributed by atoms with E-state index in [9.17, 15) is 19.8 Å².